The van der Waals surface area contributed by atoms with Gasteiger partial charge in [-0.3, -0.25) is 0 Å². The molecule has 1 aliphatic rings. The molecule has 1 fully saturated rings. The predicted molar refractivity (Wildman–Crippen MR) is 75.8 cm³/mol. The summed E-state index contributed by atoms with van der Waals surface area (Å²) >= 11 is 0. The highest BCUT2D eigenvalue weighted by Crippen LogP contribution is 2.20. The first kappa shape index (κ1) is 15.7. The van der Waals surface area contributed by atoms with Gasteiger partial charge in [0.1, 0.15) is 10.7 Å². The summed E-state index contributed by atoms with van der Waals surface area (Å²) in [5.41, 5.74) is 0. The predicted octanol–water partition coefficient (Wildman–Crippen LogP) is 0.861. The number of carbonyl (C=O) groups excluding carboxylic acids is 1. The van der Waals surface area contributed by atoms with Crippen LogP contribution in [0.4, 0.5) is 9.18 Å². The number of urea groups is 1. The first-order valence-corrected chi connectivity index (χ1v) is 8.18. The largest absolute Gasteiger partial charge is 0.338 e. The molecule has 1 aromatic carbocycles. The Bertz CT molecular complexity index is 613. The second-order valence-electron chi connectivity index (χ2n) is 4.66. The summed E-state index contributed by atoms with van der Waals surface area (Å²) in [4.78, 5) is 12.9. The lowest BCUT2D eigenvalue weighted by atomic mass is 10.3. The number of nitrogens with zero attached hydrogens (tertiary/aromatic N) is 2. The van der Waals surface area contributed by atoms with Crippen LogP contribution in [0, 0.1) is 5.82 Å². The van der Waals surface area contributed by atoms with Gasteiger partial charge in [0.25, 0.3) is 0 Å². The number of amides is 2. The van der Waals surface area contributed by atoms with E-state index in [9.17, 15) is 17.6 Å². The van der Waals surface area contributed by atoms with Crippen LogP contribution in [0.15, 0.2) is 29.2 Å². The van der Waals surface area contributed by atoms with Crippen molar-refractivity contribution in [3.05, 3.63) is 30.1 Å². The lowest BCUT2D eigenvalue weighted by Gasteiger charge is -2.33. The van der Waals surface area contributed by atoms with E-state index in [0.29, 0.717) is 19.6 Å². The molecule has 1 heterocycles. The molecule has 1 aromatic rings. The van der Waals surface area contributed by atoms with Gasteiger partial charge in [-0.2, -0.15) is 4.31 Å². The third-order valence-corrected chi connectivity index (χ3v) is 5.24. The fourth-order valence-corrected chi connectivity index (χ4v) is 3.67. The molecule has 0 atom stereocenters. The summed E-state index contributed by atoms with van der Waals surface area (Å²) in [6.45, 7) is 3.24. The molecule has 0 unspecified atom stereocenters. The number of hydrogen-bond acceptors (Lipinski definition) is 3. The van der Waals surface area contributed by atoms with E-state index in [1.165, 1.54) is 22.5 Å². The number of hydrogen-bond donors (Lipinski definition) is 1. The molecule has 1 N–H and O–H groups in total. The number of piperazine rings is 1. The molecule has 0 saturated carbocycles. The van der Waals surface area contributed by atoms with Crippen molar-refractivity contribution in [2.45, 2.75) is 11.8 Å². The van der Waals surface area contributed by atoms with Gasteiger partial charge in [0.2, 0.25) is 10.0 Å². The Morgan fingerprint density at radius 3 is 2.43 bits per heavy atom. The Kier molecular flexibility index (Phi) is 4.79. The first-order chi connectivity index (χ1) is 9.96. The fraction of sp³-hybridized carbons (Fsp3) is 0.462. The average Bonchev–Trinajstić information content (AvgIpc) is 2.48. The van der Waals surface area contributed by atoms with Crippen molar-refractivity contribution in [3.63, 3.8) is 0 Å². The maximum atomic E-state index is 13.7. The van der Waals surface area contributed by atoms with Crippen LogP contribution in [0.5, 0.6) is 0 Å². The SMILES string of the molecule is CCNC(=O)N1CCN(S(=O)(=O)c2ccccc2F)CC1. The van der Waals surface area contributed by atoms with Gasteiger partial charge >= 0.3 is 6.03 Å². The normalized spacial score (nSPS) is 16.8. The van der Waals surface area contributed by atoms with Crippen molar-refractivity contribution in [1.82, 2.24) is 14.5 Å². The van der Waals surface area contributed by atoms with Crippen LogP contribution in [0.3, 0.4) is 0 Å². The van der Waals surface area contributed by atoms with E-state index in [2.05, 4.69) is 5.32 Å². The zero-order valence-electron chi connectivity index (χ0n) is 11.8. The third kappa shape index (κ3) is 3.33. The molecule has 2 amide bonds. The van der Waals surface area contributed by atoms with Gasteiger partial charge in [-0.1, -0.05) is 12.1 Å². The van der Waals surface area contributed by atoms with Crippen LogP contribution in [-0.4, -0.2) is 56.4 Å². The highest BCUT2D eigenvalue weighted by Gasteiger charge is 2.31. The Labute approximate surface area is 123 Å². The minimum atomic E-state index is -3.85. The monoisotopic (exact) mass is 315 g/mol. The standard InChI is InChI=1S/C13H18FN3O3S/c1-2-15-13(18)16-7-9-17(10-8-16)21(19,20)12-6-4-3-5-11(12)14/h3-6H,2,7-10H2,1H3,(H,15,18). The van der Waals surface area contributed by atoms with E-state index in [-0.39, 0.29) is 24.0 Å². The van der Waals surface area contributed by atoms with Gasteiger partial charge in [0, 0.05) is 32.7 Å². The average molecular weight is 315 g/mol. The number of rotatable bonds is 3. The van der Waals surface area contributed by atoms with Crippen molar-refractivity contribution in [3.8, 4) is 0 Å². The fourth-order valence-electron chi connectivity index (χ4n) is 2.19. The van der Waals surface area contributed by atoms with Gasteiger partial charge in [0.05, 0.1) is 0 Å². The van der Waals surface area contributed by atoms with Crippen LogP contribution < -0.4 is 5.32 Å². The smallest absolute Gasteiger partial charge is 0.317 e. The maximum Gasteiger partial charge on any atom is 0.317 e. The van der Waals surface area contributed by atoms with Crippen LogP contribution in [0.25, 0.3) is 0 Å². The van der Waals surface area contributed by atoms with Crippen LogP contribution in [-0.2, 0) is 10.0 Å². The minimum Gasteiger partial charge on any atom is -0.338 e. The van der Waals surface area contributed by atoms with Gasteiger partial charge in [-0.15, -0.1) is 0 Å². The molecule has 8 heteroatoms. The second-order valence-corrected chi connectivity index (χ2v) is 6.56. The quantitative estimate of drug-likeness (QED) is 0.899. The topological polar surface area (TPSA) is 69.7 Å². The Morgan fingerprint density at radius 2 is 1.86 bits per heavy atom. The highest BCUT2D eigenvalue weighted by molar-refractivity contribution is 7.89. The molecule has 0 aliphatic carbocycles. The summed E-state index contributed by atoms with van der Waals surface area (Å²) in [6.07, 6.45) is 0. The van der Waals surface area contributed by atoms with Crippen molar-refractivity contribution in [2.24, 2.45) is 0 Å². The lowest BCUT2D eigenvalue weighted by molar-refractivity contribution is 0.172. The van der Waals surface area contributed by atoms with Crippen molar-refractivity contribution < 1.29 is 17.6 Å². The molecule has 6 nitrogen and oxygen atoms in total. The lowest BCUT2D eigenvalue weighted by Crippen LogP contribution is -2.53. The van der Waals surface area contributed by atoms with E-state index in [4.69, 9.17) is 0 Å². The molecule has 1 aliphatic heterocycles. The van der Waals surface area contributed by atoms with Gasteiger partial charge in [0.15, 0.2) is 0 Å². The number of halogens is 1. The molecule has 0 bridgehead atoms. The van der Waals surface area contributed by atoms with Crippen molar-refractivity contribution in [2.75, 3.05) is 32.7 Å². The van der Waals surface area contributed by atoms with Crippen LogP contribution in [0.2, 0.25) is 0 Å². The van der Waals surface area contributed by atoms with Crippen molar-refractivity contribution in [1.29, 1.82) is 0 Å². The highest BCUT2D eigenvalue weighted by atomic mass is 32.2. The Morgan fingerprint density at radius 1 is 1.24 bits per heavy atom. The summed E-state index contributed by atoms with van der Waals surface area (Å²) in [6, 6.07) is 5.10. The molecular weight excluding hydrogens is 297 g/mol. The van der Waals surface area contributed by atoms with E-state index < -0.39 is 15.8 Å². The summed E-state index contributed by atoms with van der Waals surface area (Å²) < 4.78 is 39.6. The van der Waals surface area contributed by atoms with E-state index in [1.807, 2.05) is 6.92 Å². The Hall–Kier alpha value is -1.67. The van der Waals surface area contributed by atoms with Crippen LogP contribution >= 0.6 is 0 Å². The zero-order chi connectivity index (χ0) is 15.5. The number of nitrogens with one attached hydrogen (secondary N) is 1. The molecule has 0 radical (unpaired) electrons. The molecule has 0 spiro atoms. The molecule has 2 rings (SSSR count). The summed E-state index contributed by atoms with van der Waals surface area (Å²) in [5, 5.41) is 2.67. The first-order valence-electron chi connectivity index (χ1n) is 6.74. The van der Waals surface area contributed by atoms with E-state index >= 15 is 0 Å². The second kappa shape index (κ2) is 6.40. The number of benzene rings is 1. The molecular formula is C13H18FN3O3S. The minimum absolute atomic E-state index is 0.161. The number of carbonyl (C=O) groups is 1. The van der Waals surface area contributed by atoms with Crippen molar-refractivity contribution >= 4 is 16.1 Å². The Balaban J connectivity index is 2.08. The molecule has 116 valence electrons. The molecule has 0 aromatic heterocycles. The van der Waals surface area contributed by atoms with E-state index in [1.54, 1.807) is 4.90 Å². The van der Waals surface area contributed by atoms with Crippen LogP contribution in [0.1, 0.15) is 6.92 Å². The maximum absolute atomic E-state index is 13.7. The van der Waals surface area contributed by atoms with Gasteiger partial charge in [-0.25, -0.2) is 17.6 Å². The zero-order valence-corrected chi connectivity index (χ0v) is 12.6. The molecule has 1 saturated heterocycles. The number of sulfonamides is 1. The van der Waals surface area contributed by atoms with Gasteiger partial charge < -0.3 is 10.2 Å². The van der Waals surface area contributed by atoms with Gasteiger partial charge in [-0.05, 0) is 19.1 Å². The summed E-state index contributed by atoms with van der Waals surface area (Å²) in [5.74, 6) is -0.761. The summed E-state index contributed by atoms with van der Waals surface area (Å²) in [7, 11) is -3.85. The van der Waals surface area contributed by atoms with E-state index in [0.717, 1.165) is 6.07 Å². The molecule has 21 heavy (non-hydrogen) atoms. The third-order valence-electron chi connectivity index (χ3n) is 3.31.